The van der Waals surface area contributed by atoms with E-state index in [1.807, 2.05) is 4.90 Å². The molecule has 1 aliphatic heterocycles. The molecule has 1 heterocycles. The highest BCUT2D eigenvalue weighted by Gasteiger charge is 2.36. The molecule has 1 fully saturated rings. The molecule has 0 aliphatic carbocycles. The van der Waals surface area contributed by atoms with E-state index < -0.39 is 11.5 Å². The minimum atomic E-state index is -1.12. The van der Waals surface area contributed by atoms with E-state index in [1.165, 1.54) is 0 Å². The fourth-order valence-corrected chi connectivity index (χ4v) is 2.16. The first kappa shape index (κ1) is 14.9. The van der Waals surface area contributed by atoms with E-state index in [0.29, 0.717) is 12.8 Å². The minimum absolute atomic E-state index is 0.206. The Hall–Kier alpha value is -1.14. The zero-order valence-corrected chi connectivity index (χ0v) is 11.2. The SMILES string of the molecule is CCC(CC)(NC(=O)CN1CCNCC1)C(=O)O. The molecule has 0 spiro atoms. The minimum Gasteiger partial charge on any atom is -0.480 e. The van der Waals surface area contributed by atoms with Gasteiger partial charge < -0.3 is 15.7 Å². The first-order valence-corrected chi connectivity index (χ1v) is 6.51. The van der Waals surface area contributed by atoms with E-state index in [9.17, 15) is 14.7 Å². The Morgan fingerprint density at radius 3 is 2.28 bits per heavy atom. The van der Waals surface area contributed by atoms with Crippen LogP contribution in [0.4, 0.5) is 0 Å². The summed E-state index contributed by atoms with van der Waals surface area (Å²) in [5.74, 6) is -1.16. The van der Waals surface area contributed by atoms with Gasteiger partial charge in [-0.25, -0.2) is 4.79 Å². The van der Waals surface area contributed by atoms with E-state index in [0.717, 1.165) is 26.2 Å². The van der Waals surface area contributed by atoms with Crippen molar-refractivity contribution in [2.24, 2.45) is 0 Å². The van der Waals surface area contributed by atoms with Crippen molar-refractivity contribution in [2.45, 2.75) is 32.2 Å². The average Bonchev–Trinajstić information content (AvgIpc) is 2.37. The van der Waals surface area contributed by atoms with Gasteiger partial charge in [0.2, 0.25) is 5.91 Å². The van der Waals surface area contributed by atoms with E-state index in [-0.39, 0.29) is 12.5 Å². The Morgan fingerprint density at radius 1 is 1.28 bits per heavy atom. The number of hydrogen-bond donors (Lipinski definition) is 3. The standard InChI is InChI=1S/C12H23N3O3/c1-3-12(4-2,11(17)18)14-10(16)9-15-7-5-13-6-8-15/h13H,3-9H2,1-2H3,(H,14,16)(H,17,18). The van der Waals surface area contributed by atoms with Crippen molar-refractivity contribution in [2.75, 3.05) is 32.7 Å². The van der Waals surface area contributed by atoms with E-state index in [1.54, 1.807) is 13.8 Å². The van der Waals surface area contributed by atoms with Crippen molar-refractivity contribution in [3.8, 4) is 0 Å². The molecule has 0 unspecified atom stereocenters. The quantitative estimate of drug-likeness (QED) is 0.606. The lowest BCUT2D eigenvalue weighted by atomic mass is 9.93. The van der Waals surface area contributed by atoms with Crippen molar-refractivity contribution in [3.05, 3.63) is 0 Å². The third-order valence-electron chi connectivity index (χ3n) is 3.57. The van der Waals surface area contributed by atoms with Gasteiger partial charge >= 0.3 is 5.97 Å². The molecular formula is C12H23N3O3. The topological polar surface area (TPSA) is 81.7 Å². The fraction of sp³-hybridized carbons (Fsp3) is 0.833. The van der Waals surface area contributed by atoms with E-state index >= 15 is 0 Å². The van der Waals surface area contributed by atoms with Gasteiger partial charge in [0.1, 0.15) is 5.54 Å². The number of amides is 1. The van der Waals surface area contributed by atoms with Crippen LogP contribution in [0.1, 0.15) is 26.7 Å². The Balaban J connectivity index is 2.53. The number of rotatable bonds is 6. The van der Waals surface area contributed by atoms with Gasteiger partial charge in [0.05, 0.1) is 6.54 Å². The van der Waals surface area contributed by atoms with Crippen LogP contribution in [-0.4, -0.2) is 60.1 Å². The summed E-state index contributed by atoms with van der Waals surface area (Å²) in [5, 5.41) is 15.1. The number of carbonyl (C=O) groups is 2. The molecule has 1 amide bonds. The molecule has 6 nitrogen and oxygen atoms in total. The summed E-state index contributed by atoms with van der Waals surface area (Å²) in [6, 6.07) is 0. The largest absolute Gasteiger partial charge is 0.480 e. The number of carboxylic acids is 1. The molecule has 1 aliphatic rings. The van der Waals surface area contributed by atoms with Crippen molar-refractivity contribution < 1.29 is 14.7 Å². The van der Waals surface area contributed by atoms with Gasteiger partial charge in [-0.1, -0.05) is 13.8 Å². The highest BCUT2D eigenvalue weighted by molar-refractivity contribution is 5.87. The average molecular weight is 257 g/mol. The predicted molar refractivity (Wildman–Crippen MR) is 68.4 cm³/mol. The van der Waals surface area contributed by atoms with Crippen LogP contribution in [0.25, 0.3) is 0 Å². The lowest BCUT2D eigenvalue weighted by Gasteiger charge is -2.31. The second kappa shape index (κ2) is 6.70. The first-order chi connectivity index (χ1) is 8.54. The molecule has 1 saturated heterocycles. The normalized spacial score (nSPS) is 17.4. The van der Waals surface area contributed by atoms with Crippen LogP contribution in [0, 0.1) is 0 Å². The van der Waals surface area contributed by atoms with E-state index in [4.69, 9.17) is 0 Å². The third-order valence-corrected chi connectivity index (χ3v) is 3.57. The zero-order valence-electron chi connectivity index (χ0n) is 11.2. The van der Waals surface area contributed by atoms with Crippen LogP contribution in [0.2, 0.25) is 0 Å². The number of aliphatic carboxylic acids is 1. The molecule has 0 aromatic heterocycles. The predicted octanol–water partition coefficient (Wildman–Crippen LogP) is -0.349. The molecule has 0 aromatic carbocycles. The van der Waals surface area contributed by atoms with Gasteiger partial charge in [-0.15, -0.1) is 0 Å². The van der Waals surface area contributed by atoms with Crippen molar-refractivity contribution in [1.82, 2.24) is 15.5 Å². The summed E-state index contributed by atoms with van der Waals surface area (Å²) in [5.41, 5.74) is -1.12. The summed E-state index contributed by atoms with van der Waals surface area (Å²) in [4.78, 5) is 25.2. The Kier molecular flexibility index (Phi) is 5.55. The summed E-state index contributed by atoms with van der Waals surface area (Å²) in [6.07, 6.45) is 0.790. The molecule has 104 valence electrons. The van der Waals surface area contributed by atoms with Gasteiger partial charge in [0.25, 0.3) is 0 Å². The molecule has 0 aromatic rings. The number of nitrogens with one attached hydrogen (secondary N) is 2. The van der Waals surface area contributed by atoms with Crippen LogP contribution in [0.3, 0.4) is 0 Å². The highest BCUT2D eigenvalue weighted by Crippen LogP contribution is 2.15. The van der Waals surface area contributed by atoms with E-state index in [2.05, 4.69) is 10.6 Å². The van der Waals surface area contributed by atoms with Crippen molar-refractivity contribution in [3.63, 3.8) is 0 Å². The number of piperazine rings is 1. The summed E-state index contributed by atoms with van der Waals surface area (Å²) < 4.78 is 0. The van der Waals surface area contributed by atoms with Crippen LogP contribution in [0.5, 0.6) is 0 Å². The van der Waals surface area contributed by atoms with Crippen molar-refractivity contribution >= 4 is 11.9 Å². The van der Waals surface area contributed by atoms with Crippen LogP contribution < -0.4 is 10.6 Å². The molecular weight excluding hydrogens is 234 g/mol. The summed E-state index contributed by atoms with van der Waals surface area (Å²) in [7, 11) is 0. The lowest BCUT2D eigenvalue weighted by Crippen LogP contribution is -2.57. The Morgan fingerprint density at radius 2 is 1.83 bits per heavy atom. The number of carboxylic acid groups (broad SMARTS) is 1. The van der Waals surface area contributed by atoms with Gasteiger partial charge in [-0.3, -0.25) is 9.69 Å². The maximum Gasteiger partial charge on any atom is 0.329 e. The second-order valence-electron chi connectivity index (χ2n) is 4.67. The van der Waals surface area contributed by atoms with Gasteiger partial charge in [-0.05, 0) is 12.8 Å². The number of nitrogens with zero attached hydrogens (tertiary/aromatic N) is 1. The molecule has 1 rings (SSSR count). The highest BCUT2D eigenvalue weighted by atomic mass is 16.4. The lowest BCUT2D eigenvalue weighted by molar-refractivity contribution is -0.148. The third kappa shape index (κ3) is 3.68. The second-order valence-corrected chi connectivity index (χ2v) is 4.67. The maximum absolute atomic E-state index is 11.9. The van der Waals surface area contributed by atoms with Crippen LogP contribution in [-0.2, 0) is 9.59 Å². The van der Waals surface area contributed by atoms with Gasteiger partial charge in [0.15, 0.2) is 0 Å². The zero-order chi connectivity index (χ0) is 13.6. The maximum atomic E-state index is 11.9. The summed E-state index contributed by atoms with van der Waals surface area (Å²) in [6.45, 7) is 7.23. The Labute approximate surface area is 108 Å². The monoisotopic (exact) mass is 257 g/mol. The molecule has 6 heteroatoms. The molecule has 0 saturated carbocycles. The molecule has 0 radical (unpaired) electrons. The molecule has 18 heavy (non-hydrogen) atoms. The number of carbonyl (C=O) groups excluding carboxylic acids is 1. The smallest absolute Gasteiger partial charge is 0.329 e. The molecule has 0 atom stereocenters. The van der Waals surface area contributed by atoms with Gasteiger partial charge in [-0.2, -0.15) is 0 Å². The number of hydrogen-bond acceptors (Lipinski definition) is 4. The van der Waals surface area contributed by atoms with Gasteiger partial charge in [0, 0.05) is 26.2 Å². The molecule has 0 bridgehead atoms. The van der Waals surface area contributed by atoms with Crippen molar-refractivity contribution in [1.29, 1.82) is 0 Å². The molecule has 3 N–H and O–H groups in total. The summed E-state index contributed by atoms with van der Waals surface area (Å²) >= 11 is 0. The van der Waals surface area contributed by atoms with Crippen LogP contribution in [0.15, 0.2) is 0 Å². The fourth-order valence-electron chi connectivity index (χ4n) is 2.16. The Bertz CT molecular complexity index is 297. The van der Waals surface area contributed by atoms with Crippen LogP contribution >= 0.6 is 0 Å². The first-order valence-electron chi connectivity index (χ1n) is 6.51.